The first-order valence-corrected chi connectivity index (χ1v) is 10.5. The number of nitrogens with one attached hydrogen (secondary N) is 2. The van der Waals surface area contributed by atoms with E-state index in [1.165, 1.54) is 13.2 Å². The number of hydrogen-bond donors (Lipinski definition) is 3. The number of aromatic amines is 1. The Bertz CT molecular complexity index is 1250. The van der Waals surface area contributed by atoms with E-state index in [9.17, 15) is 18.3 Å². The highest BCUT2D eigenvalue weighted by Crippen LogP contribution is 2.34. The Balaban J connectivity index is 0.00000342. The monoisotopic (exact) mass is 508 g/mol. The Hall–Kier alpha value is -3.57. The van der Waals surface area contributed by atoms with Crippen LogP contribution in [0.25, 0.3) is 22.3 Å². The third-order valence-corrected chi connectivity index (χ3v) is 5.12. The number of alkyl halides is 3. The van der Waals surface area contributed by atoms with Gasteiger partial charge in [0, 0.05) is 47.9 Å². The molecule has 3 N–H and O–H groups in total. The van der Waals surface area contributed by atoms with E-state index in [4.69, 9.17) is 4.74 Å². The first kappa shape index (κ1) is 26.0. The highest BCUT2D eigenvalue weighted by Gasteiger charge is 2.26. The number of halogens is 4. The standard InChI is InChI=1S/C23H23F3N6O2.ClH/c1-34-19-8-17(7-18(33)10-19)32(6-2-5-27-14-23(24,25)26)16-3-4-20-21(9-16)31-22(13-28-20)15-11-29-30-12-15;/h3-4,7-13,27,33H,2,5-6,14H2,1H3,(H,29,30);1H. The molecule has 0 atom stereocenters. The second-order valence-electron chi connectivity index (χ2n) is 7.60. The number of aromatic nitrogens is 4. The molecular weight excluding hydrogens is 485 g/mol. The van der Waals surface area contributed by atoms with Crippen molar-refractivity contribution in [1.82, 2.24) is 25.5 Å². The van der Waals surface area contributed by atoms with Crippen LogP contribution in [-0.2, 0) is 0 Å². The molecule has 0 radical (unpaired) electrons. The topological polar surface area (TPSA) is 99.2 Å². The SMILES string of the molecule is COc1cc(O)cc(N(CCCNCC(F)(F)F)c2ccc3ncc(-c4cn[nH]c4)nc3c2)c1.Cl. The smallest absolute Gasteiger partial charge is 0.401 e. The van der Waals surface area contributed by atoms with E-state index in [-0.39, 0.29) is 24.7 Å². The normalized spacial score (nSPS) is 11.3. The van der Waals surface area contributed by atoms with E-state index in [1.807, 2.05) is 23.1 Å². The maximum atomic E-state index is 12.4. The molecule has 0 aliphatic carbocycles. The molecule has 0 amide bonds. The van der Waals surface area contributed by atoms with Crippen LogP contribution in [0.5, 0.6) is 11.5 Å². The first-order valence-electron chi connectivity index (χ1n) is 10.5. The van der Waals surface area contributed by atoms with Gasteiger partial charge in [0.25, 0.3) is 0 Å². The summed E-state index contributed by atoms with van der Waals surface area (Å²) in [6.07, 6.45) is 1.20. The Kier molecular flexibility index (Phi) is 8.36. The summed E-state index contributed by atoms with van der Waals surface area (Å²) in [6, 6.07) is 10.3. The predicted molar refractivity (Wildman–Crippen MR) is 130 cm³/mol. The van der Waals surface area contributed by atoms with E-state index in [1.54, 1.807) is 30.7 Å². The molecule has 35 heavy (non-hydrogen) atoms. The zero-order valence-electron chi connectivity index (χ0n) is 18.7. The number of fused-ring (bicyclic) bond motifs is 1. The molecule has 8 nitrogen and oxygen atoms in total. The Morgan fingerprint density at radius 1 is 1.09 bits per heavy atom. The van der Waals surface area contributed by atoms with Gasteiger partial charge in [-0.2, -0.15) is 18.3 Å². The predicted octanol–water partition coefficient (Wildman–Crippen LogP) is 4.84. The minimum atomic E-state index is -4.26. The molecule has 0 unspecified atom stereocenters. The summed E-state index contributed by atoms with van der Waals surface area (Å²) in [4.78, 5) is 11.0. The average Bonchev–Trinajstić information content (AvgIpc) is 3.34. The Morgan fingerprint density at radius 2 is 1.91 bits per heavy atom. The second kappa shape index (κ2) is 11.2. The number of ether oxygens (including phenoxy) is 1. The fourth-order valence-corrected chi connectivity index (χ4v) is 3.54. The number of aromatic hydroxyl groups is 1. The van der Waals surface area contributed by atoms with Crippen molar-refractivity contribution in [1.29, 1.82) is 0 Å². The highest BCUT2D eigenvalue weighted by atomic mass is 35.5. The third-order valence-electron chi connectivity index (χ3n) is 5.12. The number of phenols is 1. The van der Waals surface area contributed by atoms with Gasteiger partial charge in [-0.1, -0.05) is 0 Å². The van der Waals surface area contributed by atoms with Crippen molar-refractivity contribution in [2.24, 2.45) is 0 Å². The van der Waals surface area contributed by atoms with E-state index in [0.717, 1.165) is 11.3 Å². The summed E-state index contributed by atoms with van der Waals surface area (Å²) >= 11 is 0. The van der Waals surface area contributed by atoms with Crippen LogP contribution in [0.2, 0.25) is 0 Å². The van der Waals surface area contributed by atoms with Gasteiger partial charge in [-0.3, -0.25) is 10.1 Å². The average molecular weight is 509 g/mol. The number of phenolic OH excluding ortho intramolecular Hbond substituents is 1. The molecule has 0 aliphatic rings. The molecule has 0 saturated carbocycles. The fourth-order valence-electron chi connectivity index (χ4n) is 3.54. The minimum Gasteiger partial charge on any atom is -0.508 e. The van der Waals surface area contributed by atoms with Crippen LogP contribution in [0.3, 0.4) is 0 Å². The van der Waals surface area contributed by atoms with Crippen molar-refractivity contribution >= 4 is 34.8 Å². The summed E-state index contributed by atoms with van der Waals surface area (Å²) in [5, 5.41) is 19.3. The molecule has 0 saturated heterocycles. The largest absolute Gasteiger partial charge is 0.508 e. The fraction of sp³-hybridized carbons (Fsp3) is 0.261. The lowest BCUT2D eigenvalue weighted by atomic mass is 10.1. The van der Waals surface area contributed by atoms with Gasteiger partial charge < -0.3 is 20.1 Å². The molecule has 4 aromatic rings. The van der Waals surface area contributed by atoms with Gasteiger partial charge in [0.05, 0.1) is 42.8 Å². The Morgan fingerprint density at radius 3 is 2.63 bits per heavy atom. The van der Waals surface area contributed by atoms with Gasteiger partial charge in [-0.15, -0.1) is 12.4 Å². The highest BCUT2D eigenvalue weighted by molar-refractivity contribution is 5.85. The maximum Gasteiger partial charge on any atom is 0.401 e. The molecule has 4 rings (SSSR count). The van der Waals surface area contributed by atoms with Crippen LogP contribution in [0.1, 0.15) is 6.42 Å². The quantitative estimate of drug-likeness (QED) is 0.278. The van der Waals surface area contributed by atoms with Gasteiger partial charge in [0.15, 0.2) is 0 Å². The summed E-state index contributed by atoms with van der Waals surface area (Å²) in [5.41, 5.74) is 4.16. The van der Waals surface area contributed by atoms with E-state index in [2.05, 4.69) is 25.5 Å². The van der Waals surface area contributed by atoms with Gasteiger partial charge >= 0.3 is 6.18 Å². The molecule has 0 fully saturated rings. The second-order valence-corrected chi connectivity index (χ2v) is 7.60. The van der Waals surface area contributed by atoms with Gasteiger partial charge in [0.1, 0.15) is 11.5 Å². The lowest BCUT2D eigenvalue weighted by Gasteiger charge is -2.26. The molecular formula is C23H24ClF3N6O2. The van der Waals surface area contributed by atoms with Gasteiger partial charge in [-0.05, 0) is 31.2 Å². The van der Waals surface area contributed by atoms with Crippen LogP contribution in [0.15, 0.2) is 55.0 Å². The van der Waals surface area contributed by atoms with Crippen molar-refractivity contribution in [3.8, 4) is 22.8 Å². The van der Waals surface area contributed by atoms with Gasteiger partial charge in [0.2, 0.25) is 0 Å². The molecule has 0 spiro atoms. The van der Waals surface area contributed by atoms with Crippen molar-refractivity contribution in [2.75, 3.05) is 31.6 Å². The zero-order valence-corrected chi connectivity index (χ0v) is 19.5. The lowest BCUT2D eigenvalue weighted by Crippen LogP contribution is -2.31. The summed E-state index contributed by atoms with van der Waals surface area (Å²) < 4.78 is 42.6. The zero-order chi connectivity index (χ0) is 24.1. The number of methoxy groups -OCH3 is 1. The van der Waals surface area contributed by atoms with E-state index < -0.39 is 12.7 Å². The number of anilines is 2. The van der Waals surface area contributed by atoms with Crippen LogP contribution >= 0.6 is 12.4 Å². The molecule has 2 heterocycles. The molecule has 0 bridgehead atoms. The van der Waals surface area contributed by atoms with Crippen LogP contribution in [0.4, 0.5) is 24.5 Å². The molecule has 2 aromatic carbocycles. The molecule has 0 aliphatic heterocycles. The minimum absolute atomic E-state index is 0. The summed E-state index contributed by atoms with van der Waals surface area (Å²) in [7, 11) is 1.49. The van der Waals surface area contributed by atoms with E-state index >= 15 is 0 Å². The number of nitrogens with zero attached hydrogens (tertiary/aromatic N) is 4. The third kappa shape index (κ3) is 6.74. The number of H-pyrrole nitrogens is 1. The van der Waals surface area contributed by atoms with Gasteiger partial charge in [-0.25, -0.2) is 4.98 Å². The molecule has 186 valence electrons. The van der Waals surface area contributed by atoms with Crippen LogP contribution in [0, 0.1) is 0 Å². The summed E-state index contributed by atoms with van der Waals surface area (Å²) in [6.45, 7) is -0.489. The Labute approximate surface area is 205 Å². The molecule has 2 aromatic heterocycles. The van der Waals surface area contributed by atoms with Crippen molar-refractivity contribution in [3.05, 3.63) is 55.0 Å². The van der Waals surface area contributed by atoms with Crippen LogP contribution in [-0.4, -0.2) is 58.2 Å². The maximum absolute atomic E-state index is 12.4. The van der Waals surface area contributed by atoms with Crippen molar-refractivity contribution < 1.29 is 23.0 Å². The first-order chi connectivity index (χ1) is 16.3. The summed E-state index contributed by atoms with van der Waals surface area (Å²) in [5.74, 6) is 0.468. The van der Waals surface area contributed by atoms with Crippen molar-refractivity contribution in [2.45, 2.75) is 12.6 Å². The number of benzene rings is 2. The van der Waals surface area contributed by atoms with Crippen molar-refractivity contribution in [3.63, 3.8) is 0 Å². The molecule has 12 heteroatoms. The number of hydrogen-bond acceptors (Lipinski definition) is 7. The lowest BCUT2D eigenvalue weighted by molar-refractivity contribution is -0.124. The van der Waals surface area contributed by atoms with E-state index in [0.29, 0.717) is 41.1 Å². The number of rotatable bonds is 9. The van der Waals surface area contributed by atoms with Crippen LogP contribution < -0.4 is 15.0 Å².